The molecule has 0 radical (unpaired) electrons. The van der Waals surface area contributed by atoms with Gasteiger partial charge in [0.05, 0.1) is 33.8 Å². The lowest BCUT2D eigenvalue weighted by atomic mass is 10.1. The highest BCUT2D eigenvalue weighted by Gasteiger charge is 2.25. The van der Waals surface area contributed by atoms with Gasteiger partial charge >= 0.3 is 12.1 Å². The third-order valence-electron chi connectivity index (χ3n) is 8.90. The van der Waals surface area contributed by atoms with Gasteiger partial charge in [0.25, 0.3) is 0 Å². The first-order valence-electron chi connectivity index (χ1n) is 20.1. The maximum absolute atomic E-state index is 12.7. The maximum atomic E-state index is 12.7. The smallest absolute Gasteiger partial charge is 0.344 e. The van der Waals surface area contributed by atoms with Crippen molar-refractivity contribution in [2.75, 3.05) is 87.5 Å². The summed E-state index contributed by atoms with van der Waals surface area (Å²) in [6.07, 6.45) is 5.59. The van der Waals surface area contributed by atoms with Crippen LogP contribution in [0, 0.1) is 0 Å². The number of aromatic nitrogens is 4. The number of nitrogens with one attached hydrogen (secondary N) is 3. The van der Waals surface area contributed by atoms with Gasteiger partial charge in [0, 0.05) is 89.0 Å². The first-order chi connectivity index (χ1) is 30.3. The number of ether oxygens (including phenoxy) is 2. The van der Waals surface area contributed by atoms with Gasteiger partial charge in [0.2, 0.25) is 20.0 Å². The van der Waals surface area contributed by atoms with Crippen LogP contribution in [0.2, 0.25) is 10.0 Å². The fourth-order valence-electron chi connectivity index (χ4n) is 5.86. The van der Waals surface area contributed by atoms with E-state index in [1.165, 1.54) is 24.5 Å². The zero-order chi connectivity index (χ0) is 48.2. The Morgan fingerprint density at radius 2 is 1.17 bits per heavy atom. The van der Waals surface area contributed by atoms with Crippen LogP contribution in [-0.2, 0) is 26.6 Å². The molecule has 4 heterocycles. The summed E-state index contributed by atoms with van der Waals surface area (Å²) in [5.74, 6) is 1.17. The fraction of sp³-hybridized carbons (Fsp3) is 0.475. The van der Waals surface area contributed by atoms with Gasteiger partial charge in [0.1, 0.15) is 24.7 Å². The number of piperazine rings is 2. The predicted molar refractivity (Wildman–Crippen MR) is 246 cm³/mol. The Kier molecular flexibility index (Phi) is 18.6. The first kappa shape index (κ1) is 52.6. The summed E-state index contributed by atoms with van der Waals surface area (Å²) < 4.78 is 62.3. The van der Waals surface area contributed by atoms with Crippen molar-refractivity contribution in [1.29, 1.82) is 0 Å². The third kappa shape index (κ3) is 18.1. The van der Waals surface area contributed by atoms with Crippen molar-refractivity contribution in [3.63, 3.8) is 0 Å². The topological polar surface area (TPSA) is 260 Å². The van der Waals surface area contributed by atoms with Gasteiger partial charge in [-0.05, 0) is 51.5 Å². The molecule has 2 aromatic heterocycles. The van der Waals surface area contributed by atoms with Gasteiger partial charge in [-0.2, -0.15) is 9.36 Å². The number of benzene rings is 2. The van der Waals surface area contributed by atoms with E-state index in [9.17, 15) is 41.4 Å². The summed E-state index contributed by atoms with van der Waals surface area (Å²) in [5.41, 5.74) is -0.605. The molecule has 0 bridgehead atoms. The van der Waals surface area contributed by atoms with E-state index >= 15 is 0 Å². The average Bonchev–Trinajstić information content (AvgIpc) is 3.89. The number of carbonyl (C=O) groups is 3. The lowest BCUT2D eigenvalue weighted by molar-refractivity contribution is 0.0282. The number of amides is 2. The van der Waals surface area contributed by atoms with Crippen LogP contribution in [0.15, 0.2) is 60.9 Å². The highest BCUT2D eigenvalue weighted by Crippen LogP contribution is 2.30. The molecule has 4 aromatic rings. The molecular formula is C40H56Cl2N10O11S2. The molecule has 2 fully saturated rings. The Hall–Kier alpha value is -5.01. The van der Waals surface area contributed by atoms with E-state index in [0.29, 0.717) is 74.2 Å². The van der Waals surface area contributed by atoms with Crippen LogP contribution in [0.5, 0.6) is 11.5 Å². The van der Waals surface area contributed by atoms with Crippen molar-refractivity contribution >= 4 is 73.2 Å². The highest BCUT2D eigenvalue weighted by atomic mass is 35.5. The molecule has 0 aliphatic carbocycles. The second kappa shape index (κ2) is 22.9. The molecule has 0 unspecified atom stereocenters. The summed E-state index contributed by atoms with van der Waals surface area (Å²) in [5, 5.41) is 31.1. The van der Waals surface area contributed by atoms with Crippen molar-refractivity contribution in [1.82, 2.24) is 39.6 Å². The van der Waals surface area contributed by atoms with Gasteiger partial charge in [0.15, 0.2) is 17.9 Å². The number of hydrogen-bond acceptors (Lipinski definition) is 15. The van der Waals surface area contributed by atoms with Crippen LogP contribution in [0.1, 0.15) is 43.6 Å². The van der Waals surface area contributed by atoms with E-state index in [4.69, 9.17) is 32.7 Å². The Morgan fingerprint density at radius 3 is 1.62 bits per heavy atom. The van der Waals surface area contributed by atoms with Gasteiger partial charge in [-0.3, -0.25) is 19.1 Å². The Labute approximate surface area is 388 Å². The predicted octanol–water partition coefficient (Wildman–Crippen LogP) is 3.27. The number of aldehydes is 1. The van der Waals surface area contributed by atoms with E-state index in [2.05, 4.69) is 29.9 Å². The minimum absolute atomic E-state index is 0.0980. The summed E-state index contributed by atoms with van der Waals surface area (Å²) >= 11 is 12.4. The standard InChI is InChI=1S/C20H28ClN5O5S.C11H13ClO3.C9H15N5O3S/c1-20(2,28)14-31-16-6-4-5-15(18(16)21)13-24-9-11-25(12-10-24)19(27)26-8-7-17(22-26)23-32(3,29)30;1-11(2,14)7-15-9-5-3-4-8(6-13)10(9)12;1-18(16,17)12-8-2-5-14(11-8)9(15)13-6-3-10-4-7-13/h4-8,28H,9-14H2,1-3H3,(H,22,23);3-6,14H,7H2,1-2H3;2,5,10H,3-4,6-7H2,1H3,(H,11,12). The molecule has 6 rings (SSSR count). The molecule has 5 N–H and O–H groups in total. The Morgan fingerprint density at radius 1 is 0.723 bits per heavy atom. The van der Waals surface area contributed by atoms with Crippen molar-refractivity contribution in [2.24, 2.45) is 0 Å². The van der Waals surface area contributed by atoms with Crippen LogP contribution < -0.4 is 24.2 Å². The highest BCUT2D eigenvalue weighted by molar-refractivity contribution is 7.92. The molecule has 2 saturated heterocycles. The van der Waals surface area contributed by atoms with Gasteiger partial charge in [-0.15, -0.1) is 10.2 Å². The number of rotatable bonds is 13. The third-order valence-corrected chi connectivity index (χ3v) is 10.9. The number of hydrogen-bond donors (Lipinski definition) is 5. The zero-order valence-electron chi connectivity index (χ0n) is 36.9. The fourth-order valence-corrected chi connectivity index (χ4v) is 7.31. The van der Waals surface area contributed by atoms with E-state index in [0.717, 1.165) is 40.5 Å². The number of halogens is 2. The number of carbonyl (C=O) groups excluding carboxylic acids is 3. The largest absolute Gasteiger partial charge is 0.489 e. The van der Waals surface area contributed by atoms with Crippen LogP contribution in [0.4, 0.5) is 21.2 Å². The number of aliphatic hydroxyl groups is 2. The van der Waals surface area contributed by atoms with Crippen molar-refractivity contribution < 1.29 is 50.9 Å². The van der Waals surface area contributed by atoms with Crippen molar-refractivity contribution in [2.45, 2.75) is 45.4 Å². The van der Waals surface area contributed by atoms with Crippen molar-refractivity contribution in [3.05, 3.63) is 82.1 Å². The molecule has 358 valence electrons. The van der Waals surface area contributed by atoms with E-state index in [-0.39, 0.29) is 41.9 Å². The summed E-state index contributed by atoms with van der Waals surface area (Å²) in [7, 11) is -6.83. The molecule has 2 aliphatic heterocycles. The second-order valence-electron chi connectivity index (χ2n) is 16.3. The average molecular weight is 988 g/mol. The molecule has 2 aromatic carbocycles. The first-order valence-corrected chi connectivity index (χ1v) is 24.6. The lowest BCUT2D eigenvalue weighted by Gasteiger charge is -2.34. The van der Waals surface area contributed by atoms with Crippen LogP contribution in [0.3, 0.4) is 0 Å². The maximum Gasteiger partial charge on any atom is 0.344 e. The number of sulfonamides is 2. The zero-order valence-corrected chi connectivity index (χ0v) is 40.0. The summed E-state index contributed by atoms with van der Waals surface area (Å²) in [6, 6.07) is 12.8. The van der Waals surface area contributed by atoms with Crippen molar-refractivity contribution in [3.8, 4) is 11.5 Å². The number of nitrogens with zero attached hydrogens (tertiary/aromatic N) is 7. The molecule has 0 atom stereocenters. The van der Waals surface area contributed by atoms with Gasteiger partial charge in [-0.1, -0.05) is 41.4 Å². The Balaban J connectivity index is 0.000000236. The SMILES string of the molecule is CC(C)(O)COc1cccc(C=O)c1Cl.CC(C)(O)COc1cccc(CN2CCN(C(=O)n3ccc(NS(C)(=O)=O)n3)CC2)c1Cl.CS(=O)(=O)Nc1ccn(C(=O)N2CCNCC2)n1. The molecule has 65 heavy (non-hydrogen) atoms. The molecule has 21 nitrogen and oxygen atoms in total. The molecular weight excluding hydrogens is 932 g/mol. The molecule has 2 aliphatic rings. The monoisotopic (exact) mass is 986 g/mol. The Bertz CT molecular complexity index is 2460. The molecule has 0 saturated carbocycles. The minimum atomic E-state index is -3.46. The normalized spacial score (nSPS) is 14.9. The molecule has 25 heteroatoms. The molecule has 0 spiro atoms. The van der Waals surface area contributed by atoms with E-state index in [1.807, 2.05) is 12.1 Å². The van der Waals surface area contributed by atoms with Gasteiger partial charge < -0.3 is 34.8 Å². The number of anilines is 2. The minimum Gasteiger partial charge on any atom is -0.489 e. The van der Waals surface area contributed by atoms with E-state index in [1.54, 1.807) is 61.8 Å². The summed E-state index contributed by atoms with van der Waals surface area (Å²) in [4.78, 5) is 40.8. The van der Waals surface area contributed by atoms with E-state index < -0.39 is 31.2 Å². The lowest BCUT2D eigenvalue weighted by Crippen LogP contribution is -2.49. The molecule has 2 amide bonds. The van der Waals surface area contributed by atoms with Crippen LogP contribution >= 0.6 is 23.2 Å². The van der Waals surface area contributed by atoms with Crippen LogP contribution in [-0.4, -0.2) is 169 Å². The summed E-state index contributed by atoms with van der Waals surface area (Å²) in [6.45, 7) is 12.5. The second-order valence-corrected chi connectivity index (χ2v) is 20.6. The van der Waals surface area contributed by atoms with Crippen LogP contribution in [0.25, 0.3) is 0 Å². The quantitative estimate of drug-likeness (QED) is 0.121. The van der Waals surface area contributed by atoms with Gasteiger partial charge in [-0.25, -0.2) is 26.4 Å².